The maximum Gasteiger partial charge on any atom is 0.261 e. The second kappa shape index (κ2) is 6.09. The summed E-state index contributed by atoms with van der Waals surface area (Å²) in [6, 6.07) is 3.77. The van der Waals surface area contributed by atoms with Crippen LogP contribution in [-0.2, 0) is 11.3 Å². The minimum atomic E-state index is -2.59. The molecule has 0 radical (unpaired) electrons. The fourth-order valence-corrected chi connectivity index (χ4v) is 1.14. The van der Waals surface area contributed by atoms with E-state index in [0.29, 0.717) is 0 Å². The number of oxime groups is 1. The van der Waals surface area contributed by atoms with E-state index in [0.717, 1.165) is 6.07 Å². The minimum absolute atomic E-state index is 0.125. The molecule has 1 rings (SSSR count). The molecule has 7 heteroatoms. The first-order valence-electron chi connectivity index (χ1n) is 4.66. The first-order chi connectivity index (χ1) is 8.04. The van der Waals surface area contributed by atoms with Crippen LogP contribution in [0, 0.1) is 5.82 Å². The molecule has 0 unspecified atom stereocenters. The molecule has 0 aliphatic carbocycles. The Kier molecular flexibility index (Phi) is 4.77. The number of hydrogen-bond acceptors (Lipinski definition) is 3. The van der Waals surface area contributed by atoms with Gasteiger partial charge in [-0.25, -0.2) is 13.2 Å². The molecular weight excluding hydrogens is 237 g/mol. The zero-order chi connectivity index (χ0) is 12.8. The van der Waals surface area contributed by atoms with Crippen LogP contribution in [0.25, 0.3) is 0 Å². The van der Waals surface area contributed by atoms with Gasteiger partial charge in [0.05, 0.1) is 6.61 Å². The Hall–Kier alpha value is -1.76. The van der Waals surface area contributed by atoms with Crippen molar-refractivity contribution in [3.05, 3.63) is 35.1 Å². The zero-order valence-electron chi connectivity index (χ0n) is 8.74. The summed E-state index contributed by atoms with van der Waals surface area (Å²) in [6.45, 7) is -1.01. The van der Waals surface area contributed by atoms with Crippen molar-refractivity contribution >= 4 is 5.84 Å². The van der Waals surface area contributed by atoms with Crippen LogP contribution in [0.5, 0.6) is 0 Å². The lowest BCUT2D eigenvalue weighted by Crippen LogP contribution is -2.14. The van der Waals surface area contributed by atoms with Gasteiger partial charge in [0.15, 0.2) is 5.84 Å². The van der Waals surface area contributed by atoms with E-state index in [1.54, 1.807) is 0 Å². The monoisotopic (exact) mass is 248 g/mol. The molecule has 1 aromatic carbocycles. The van der Waals surface area contributed by atoms with E-state index < -0.39 is 18.8 Å². The molecule has 17 heavy (non-hydrogen) atoms. The second-order valence-corrected chi connectivity index (χ2v) is 3.20. The van der Waals surface area contributed by atoms with Crippen LogP contribution >= 0.6 is 0 Å². The molecule has 4 nitrogen and oxygen atoms in total. The van der Waals surface area contributed by atoms with Crippen LogP contribution in [0.15, 0.2) is 23.4 Å². The van der Waals surface area contributed by atoms with Crippen molar-refractivity contribution in [3.8, 4) is 0 Å². The number of nitrogens with two attached hydrogens (primary N) is 1. The number of ether oxygens (including phenoxy) is 1. The highest BCUT2D eigenvalue weighted by atomic mass is 19.3. The van der Waals surface area contributed by atoms with Gasteiger partial charge in [0.1, 0.15) is 12.4 Å². The predicted molar refractivity (Wildman–Crippen MR) is 54.6 cm³/mol. The van der Waals surface area contributed by atoms with E-state index in [4.69, 9.17) is 10.9 Å². The Morgan fingerprint density at radius 1 is 1.47 bits per heavy atom. The molecule has 1 aromatic rings. The zero-order valence-corrected chi connectivity index (χ0v) is 8.74. The summed E-state index contributed by atoms with van der Waals surface area (Å²) in [7, 11) is 0. The van der Waals surface area contributed by atoms with Gasteiger partial charge in [0.25, 0.3) is 6.43 Å². The van der Waals surface area contributed by atoms with Gasteiger partial charge >= 0.3 is 0 Å². The van der Waals surface area contributed by atoms with Gasteiger partial charge in [-0.3, -0.25) is 0 Å². The first-order valence-corrected chi connectivity index (χ1v) is 4.66. The molecule has 94 valence electrons. The average Bonchev–Trinajstić information content (AvgIpc) is 2.29. The lowest BCUT2D eigenvalue weighted by atomic mass is 10.1. The van der Waals surface area contributed by atoms with Gasteiger partial charge in [0, 0.05) is 11.1 Å². The third-order valence-electron chi connectivity index (χ3n) is 1.96. The Morgan fingerprint density at radius 2 is 2.18 bits per heavy atom. The van der Waals surface area contributed by atoms with Crippen LogP contribution in [0.2, 0.25) is 0 Å². The summed E-state index contributed by atoms with van der Waals surface area (Å²) in [5.74, 6) is -0.896. The number of nitrogens with zero attached hydrogens (tertiary/aromatic N) is 1. The molecular formula is C10H11F3N2O2. The lowest BCUT2D eigenvalue weighted by molar-refractivity contribution is 0.00902. The summed E-state index contributed by atoms with van der Waals surface area (Å²) in [6.07, 6.45) is -2.59. The predicted octanol–water partition coefficient (Wildman–Crippen LogP) is 1.70. The van der Waals surface area contributed by atoms with Gasteiger partial charge in [-0.2, -0.15) is 0 Å². The van der Waals surface area contributed by atoms with Crippen molar-refractivity contribution in [2.45, 2.75) is 13.0 Å². The van der Waals surface area contributed by atoms with Gasteiger partial charge < -0.3 is 15.7 Å². The third-order valence-corrected chi connectivity index (χ3v) is 1.96. The van der Waals surface area contributed by atoms with Crippen LogP contribution in [0.4, 0.5) is 13.2 Å². The molecule has 0 spiro atoms. The summed E-state index contributed by atoms with van der Waals surface area (Å²) in [5.41, 5.74) is 5.58. The second-order valence-electron chi connectivity index (χ2n) is 3.20. The van der Waals surface area contributed by atoms with Gasteiger partial charge in [-0.15, -0.1) is 0 Å². The normalized spacial score (nSPS) is 12.1. The Morgan fingerprint density at radius 3 is 2.71 bits per heavy atom. The molecule has 3 N–H and O–H groups in total. The van der Waals surface area contributed by atoms with Crippen molar-refractivity contribution in [2.75, 3.05) is 6.61 Å². The number of halogens is 3. The van der Waals surface area contributed by atoms with E-state index in [9.17, 15) is 13.2 Å². The number of benzene rings is 1. The highest BCUT2D eigenvalue weighted by Crippen LogP contribution is 2.12. The van der Waals surface area contributed by atoms with E-state index in [1.165, 1.54) is 12.1 Å². The fourth-order valence-electron chi connectivity index (χ4n) is 1.14. The molecule has 0 heterocycles. The molecule has 0 saturated carbocycles. The Bertz CT molecular complexity index is 411. The largest absolute Gasteiger partial charge is 0.409 e. The van der Waals surface area contributed by atoms with Gasteiger partial charge in [0.2, 0.25) is 0 Å². The summed E-state index contributed by atoms with van der Waals surface area (Å²) < 4.78 is 41.5. The average molecular weight is 248 g/mol. The Labute approximate surface area is 95.5 Å². The summed E-state index contributed by atoms with van der Waals surface area (Å²) in [5, 5.41) is 11.1. The Balaban J connectivity index is 2.70. The van der Waals surface area contributed by atoms with Crippen molar-refractivity contribution in [3.63, 3.8) is 0 Å². The standard InChI is InChI=1S/C10H11F3N2O2/c11-8-3-6(10(14)15-16)1-2-7(8)4-17-5-9(12)13/h1-3,9,16H,4-5H2,(H2,14,15). The SMILES string of the molecule is N/C(=N/O)c1ccc(COCC(F)F)c(F)c1. The topological polar surface area (TPSA) is 67.8 Å². The molecule has 0 aromatic heterocycles. The number of amidine groups is 1. The summed E-state index contributed by atoms with van der Waals surface area (Å²) in [4.78, 5) is 0. The first kappa shape index (κ1) is 13.3. The van der Waals surface area contributed by atoms with Crippen molar-refractivity contribution in [1.82, 2.24) is 0 Å². The third kappa shape index (κ3) is 3.95. The maximum absolute atomic E-state index is 13.4. The van der Waals surface area contributed by atoms with Crippen LogP contribution in [-0.4, -0.2) is 24.1 Å². The maximum atomic E-state index is 13.4. The fraction of sp³-hybridized carbons (Fsp3) is 0.300. The van der Waals surface area contributed by atoms with Crippen LogP contribution < -0.4 is 5.73 Å². The highest BCUT2D eigenvalue weighted by molar-refractivity contribution is 5.97. The van der Waals surface area contributed by atoms with E-state index in [1.807, 2.05) is 0 Å². The van der Waals surface area contributed by atoms with Crippen molar-refractivity contribution in [2.24, 2.45) is 10.9 Å². The van der Waals surface area contributed by atoms with Gasteiger partial charge in [-0.1, -0.05) is 17.3 Å². The molecule has 0 saturated heterocycles. The van der Waals surface area contributed by atoms with Crippen molar-refractivity contribution in [1.29, 1.82) is 0 Å². The quantitative estimate of drug-likeness (QED) is 0.360. The van der Waals surface area contributed by atoms with Crippen LogP contribution in [0.3, 0.4) is 0 Å². The number of alkyl halides is 2. The van der Waals surface area contributed by atoms with Crippen LogP contribution in [0.1, 0.15) is 11.1 Å². The lowest BCUT2D eigenvalue weighted by Gasteiger charge is -2.06. The summed E-state index contributed by atoms with van der Waals surface area (Å²) >= 11 is 0. The number of hydrogen-bond donors (Lipinski definition) is 2. The van der Waals surface area contributed by atoms with E-state index in [-0.39, 0.29) is 23.6 Å². The van der Waals surface area contributed by atoms with Crippen molar-refractivity contribution < 1.29 is 23.1 Å². The molecule has 0 bridgehead atoms. The van der Waals surface area contributed by atoms with E-state index >= 15 is 0 Å². The van der Waals surface area contributed by atoms with E-state index in [2.05, 4.69) is 9.89 Å². The molecule has 0 amide bonds. The minimum Gasteiger partial charge on any atom is -0.409 e. The highest BCUT2D eigenvalue weighted by Gasteiger charge is 2.08. The molecule has 0 aliphatic rings. The smallest absolute Gasteiger partial charge is 0.261 e. The molecule has 0 fully saturated rings. The number of rotatable bonds is 5. The molecule has 0 atom stereocenters. The van der Waals surface area contributed by atoms with Gasteiger partial charge in [-0.05, 0) is 6.07 Å². The molecule has 0 aliphatic heterocycles.